The van der Waals surface area contributed by atoms with Crippen molar-refractivity contribution in [2.45, 2.75) is 49.6 Å². The summed E-state index contributed by atoms with van der Waals surface area (Å²) in [5.41, 5.74) is 1.15. The highest BCUT2D eigenvalue weighted by molar-refractivity contribution is 7.17. The summed E-state index contributed by atoms with van der Waals surface area (Å²) in [7, 11) is 2.21. The van der Waals surface area contributed by atoms with Crippen molar-refractivity contribution in [3.63, 3.8) is 0 Å². The van der Waals surface area contributed by atoms with Crippen LogP contribution in [0.25, 0.3) is 0 Å². The summed E-state index contributed by atoms with van der Waals surface area (Å²) in [4.78, 5) is 2.36. The van der Waals surface area contributed by atoms with E-state index in [0.717, 1.165) is 32.2 Å². The molecule has 0 saturated carbocycles. The zero-order chi connectivity index (χ0) is 11.8. The lowest BCUT2D eigenvalue weighted by molar-refractivity contribution is 0.0742. The highest BCUT2D eigenvalue weighted by Gasteiger charge is 2.49. The van der Waals surface area contributed by atoms with Crippen LogP contribution in [0.1, 0.15) is 32.1 Å². The summed E-state index contributed by atoms with van der Waals surface area (Å²) in [6, 6.07) is 0.435. The standard InChI is InChI=1S/C12H21FNOP/c1-9-6-12(8-15)5-4-10(14(12)7-9)2-3-11(13)16/h10-11,15H,1-8,16H2. The van der Waals surface area contributed by atoms with Crippen LogP contribution in [0.2, 0.25) is 0 Å². The van der Waals surface area contributed by atoms with Crippen LogP contribution < -0.4 is 0 Å². The first-order chi connectivity index (χ1) is 7.57. The van der Waals surface area contributed by atoms with Crippen molar-refractivity contribution in [2.75, 3.05) is 13.2 Å². The number of aliphatic hydroxyl groups excluding tert-OH is 1. The third-order valence-electron chi connectivity index (χ3n) is 4.04. The van der Waals surface area contributed by atoms with Gasteiger partial charge in [-0.1, -0.05) is 12.2 Å². The summed E-state index contributed by atoms with van der Waals surface area (Å²) < 4.78 is 12.8. The highest BCUT2D eigenvalue weighted by atomic mass is 31.0. The lowest BCUT2D eigenvalue weighted by Gasteiger charge is -2.33. The number of fused-ring (bicyclic) bond motifs is 1. The number of hydrogen-bond acceptors (Lipinski definition) is 2. The van der Waals surface area contributed by atoms with Crippen LogP contribution in [-0.4, -0.2) is 40.7 Å². The van der Waals surface area contributed by atoms with Gasteiger partial charge in [-0.15, -0.1) is 9.24 Å². The quantitative estimate of drug-likeness (QED) is 0.605. The molecule has 0 amide bonds. The highest BCUT2D eigenvalue weighted by Crippen LogP contribution is 2.45. The summed E-state index contributed by atoms with van der Waals surface area (Å²) in [5.74, 6) is -0.796. The average molecular weight is 245 g/mol. The van der Waals surface area contributed by atoms with E-state index in [1.807, 2.05) is 0 Å². The summed E-state index contributed by atoms with van der Waals surface area (Å²) in [6.07, 6.45) is 4.52. The molecular formula is C12H21FNOP. The van der Waals surface area contributed by atoms with E-state index in [0.29, 0.717) is 12.5 Å². The molecule has 2 aliphatic rings. The van der Waals surface area contributed by atoms with Gasteiger partial charge in [0.15, 0.2) is 0 Å². The van der Waals surface area contributed by atoms with Crippen LogP contribution in [0.3, 0.4) is 0 Å². The second kappa shape index (κ2) is 4.72. The first-order valence-electron chi connectivity index (χ1n) is 6.01. The molecule has 4 heteroatoms. The second-order valence-corrected chi connectivity index (χ2v) is 5.95. The third kappa shape index (κ3) is 2.18. The van der Waals surface area contributed by atoms with Gasteiger partial charge in [0.25, 0.3) is 0 Å². The predicted octanol–water partition coefficient (Wildman–Crippen LogP) is 2.09. The molecule has 0 radical (unpaired) electrons. The topological polar surface area (TPSA) is 23.5 Å². The van der Waals surface area contributed by atoms with E-state index in [-0.39, 0.29) is 12.1 Å². The van der Waals surface area contributed by atoms with Crippen molar-refractivity contribution < 1.29 is 9.50 Å². The molecule has 0 aliphatic carbocycles. The first-order valence-corrected chi connectivity index (χ1v) is 6.68. The Labute approximate surface area is 99.1 Å². The van der Waals surface area contributed by atoms with E-state index < -0.39 is 5.91 Å². The molecule has 0 bridgehead atoms. The van der Waals surface area contributed by atoms with Gasteiger partial charge in [-0.2, -0.15) is 0 Å². The minimum atomic E-state index is -0.796. The first kappa shape index (κ1) is 12.5. The van der Waals surface area contributed by atoms with Crippen molar-refractivity contribution in [2.24, 2.45) is 0 Å². The van der Waals surface area contributed by atoms with Gasteiger partial charge in [0.05, 0.1) is 6.61 Å². The number of aliphatic hydroxyl groups is 1. The molecule has 1 N–H and O–H groups in total. The molecule has 0 aromatic carbocycles. The van der Waals surface area contributed by atoms with Gasteiger partial charge in [0.1, 0.15) is 5.91 Å². The van der Waals surface area contributed by atoms with Crippen molar-refractivity contribution in [3.8, 4) is 0 Å². The van der Waals surface area contributed by atoms with E-state index in [1.54, 1.807) is 0 Å². The van der Waals surface area contributed by atoms with Crippen LogP contribution in [0.5, 0.6) is 0 Å². The predicted molar refractivity (Wildman–Crippen MR) is 67.1 cm³/mol. The van der Waals surface area contributed by atoms with Gasteiger partial charge in [0.2, 0.25) is 0 Å². The fourth-order valence-corrected chi connectivity index (χ4v) is 3.44. The molecule has 0 spiro atoms. The SMILES string of the molecule is C=C1CN2C(CCC(F)P)CCC2(CO)C1. The molecule has 2 aliphatic heterocycles. The van der Waals surface area contributed by atoms with E-state index in [2.05, 4.69) is 20.7 Å². The molecule has 2 heterocycles. The van der Waals surface area contributed by atoms with Gasteiger partial charge in [-0.25, -0.2) is 4.39 Å². The van der Waals surface area contributed by atoms with Crippen LogP contribution in [0.4, 0.5) is 4.39 Å². The molecule has 2 fully saturated rings. The molecule has 16 heavy (non-hydrogen) atoms. The zero-order valence-corrected chi connectivity index (χ0v) is 10.8. The Morgan fingerprint density at radius 2 is 2.44 bits per heavy atom. The Hall–Kier alpha value is 0.0200. The van der Waals surface area contributed by atoms with Crippen molar-refractivity contribution in [1.29, 1.82) is 0 Å². The lowest BCUT2D eigenvalue weighted by Crippen LogP contribution is -2.45. The van der Waals surface area contributed by atoms with E-state index in [1.165, 1.54) is 5.57 Å². The van der Waals surface area contributed by atoms with Crippen LogP contribution in [0, 0.1) is 0 Å². The minimum Gasteiger partial charge on any atom is -0.394 e. The van der Waals surface area contributed by atoms with Gasteiger partial charge in [0, 0.05) is 18.1 Å². The second-order valence-electron chi connectivity index (χ2n) is 5.22. The average Bonchev–Trinajstić information content (AvgIpc) is 2.70. The van der Waals surface area contributed by atoms with E-state index in [9.17, 15) is 9.50 Å². The fraction of sp³-hybridized carbons (Fsp3) is 0.833. The molecule has 92 valence electrons. The molecule has 0 aromatic rings. The number of rotatable bonds is 4. The number of halogens is 1. The Morgan fingerprint density at radius 3 is 3.06 bits per heavy atom. The Bertz CT molecular complexity index is 284. The Kier molecular flexibility index (Phi) is 3.68. The maximum atomic E-state index is 12.8. The third-order valence-corrected chi connectivity index (χ3v) is 4.37. The number of nitrogens with zero attached hydrogens (tertiary/aromatic N) is 1. The Balaban J connectivity index is 2.01. The van der Waals surface area contributed by atoms with E-state index >= 15 is 0 Å². The fourth-order valence-electron chi connectivity index (χ4n) is 3.25. The van der Waals surface area contributed by atoms with Gasteiger partial charge in [-0.3, -0.25) is 4.90 Å². The van der Waals surface area contributed by atoms with Gasteiger partial charge >= 0.3 is 0 Å². The van der Waals surface area contributed by atoms with Crippen LogP contribution >= 0.6 is 9.24 Å². The Morgan fingerprint density at radius 1 is 1.69 bits per heavy atom. The number of alkyl halides is 1. The maximum Gasteiger partial charge on any atom is 0.113 e. The molecule has 0 aromatic heterocycles. The largest absolute Gasteiger partial charge is 0.394 e. The van der Waals surface area contributed by atoms with Crippen molar-refractivity contribution >= 4 is 9.24 Å². The number of hydrogen-bond donors (Lipinski definition) is 1. The van der Waals surface area contributed by atoms with Crippen molar-refractivity contribution in [1.82, 2.24) is 4.90 Å². The van der Waals surface area contributed by atoms with Gasteiger partial charge in [-0.05, 0) is 32.1 Å². The van der Waals surface area contributed by atoms with E-state index in [4.69, 9.17) is 0 Å². The monoisotopic (exact) mass is 245 g/mol. The summed E-state index contributed by atoms with van der Waals surface area (Å²) in [5, 5.41) is 9.58. The molecule has 2 nitrogen and oxygen atoms in total. The lowest BCUT2D eigenvalue weighted by atomic mass is 9.94. The summed E-state index contributed by atoms with van der Waals surface area (Å²) in [6.45, 7) is 5.13. The maximum absolute atomic E-state index is 12.8. The van der Waals surface area contributed by atoms with Crippen molar-refractivity contribution in [3.05, 3.63) is 12.2 Å². The van der Waals surface area contributed by atoms with Gasteiger partial charge < -0.3 is 5.11 Å². The molecule has 2 saturated heterocycles. The van der Waals surface area contributed by atoms with Crippen LogP contribution in [0.15, 0.2) is 12.2 Å². The normalized spacial score (nSPS) is 36.7. The minimum absolute atomic E-state index is 0.0611. The molecule has 2 rings (SSSR count). The zero-order valence-electron chi connectivity index (χ0n) is 9.66. The molecular weight excluding hydrogens is 224 g/mol. The molecule has 4 unspecified atom stereocenters. The molecule has 4 atom stereocenters. The van der Waals surface area contributed by atoms with Crippen LogP contribution in [-0.2, 0) is 0 Å². The summed E-state index contributed by atoms with van der Waals surface area (Å²) >= 11 is 0. The smallest absolute Gasteiger partial charge is 0.113 e.